The molecule has 50 valence electrons. The van der Waals surface area contributed by atoms with Crippen molar-refractivity contribution < 1.29 is 0 Å². The molecule has 0 fully saturated rings. The van der Waals surface area contributed by atoms with Crippen LogP contribution in [0.25, 0.3) is 0 Å². The van der Waals surface area contributed by atoms with Crippen LogP contribution in [-0.2, 0) is 0 Å². The third kappa shape index (κ3) is 1.50. The molecule has 0 aliphatic heterocycles. The van der Waals surface area contributed by atoms with E-state index >= 15 is 0 Å². The highest BCUT2D eigenvalue weighted by Gasteiger charge is 2.00. The summed E-state index contributed by atoms with van der Waals surface area (Å²) in [6.45, 7) is 2.11. The van der Waals surface area contributed by atoms with Gasteiger partial charge >= 0.3 is 0 Å². The van der Waals surface area contributed by atoms with E-state index in [9.17, 15) is 0 Å². The Hall–Kier alpha value is -0.410. The van der Waals surface area contributed by atoms with Crippen LogP contribution in [-0.4, -0.2) is 11.4 Å². The molecule has 1 unspecified atom stereocenters. The van der Waals surface area contributed by atoms with Crippen molar-refractivity contribution >= 4 is 11.5 Å². The number of nitrogens with zero attached hydrogens (tertiary/aromatic N) is 1. The normalized spacial score (nSPS) is 13.6. The van der Waals surface area contributed by atoms with Crippen molar-refractivity contribution in [3.63, 3.8) is 0 Å². The first-order chi connectivity index (χ1) is 4.34. The molecule has 0 amide bonds. The topological polar surface area (TPSA) is 24.9 Å². The average molecular weight is 142 g/mol. The lowest BCUT2D eigenvalue weighted by atomic mass is 10.2. The minimum absolute atomic E-state index is 0.434. The molecule has 0 aliphatic rings. The Balaban J connectivity index is 2.65. The van der Waals surface area contributed by atoms with Gasteiger partial charge in [-0.2, -0.15) is 0 Å². The third-order valence-corrected chi connectivity index (χ3v) is 1.99. The van der Waals surface area contributed by atoms with Crippen LogP contribution < -0.4 is 5.32 Å². The van der Waals surface area contributed by atoms with Crippen LogP contribution in [0.5, 0.6) is 0 Å². The SMILES string of the molecule is CNC(C)c1cnsc1. The first-order valence-electron chi connectivity index (χ1n) is 2.91. The van der Waals surface area contributed by atoms with Crippen molar-refractivity contribution in [2.75, 3.05) is 7.05 Å². The lowest BCUT2D eigenvalue weighted by molar-refractivity contribution is 0.653. The van der Waals surface area contributed by atoms with Gasteiger partial charge < -0.3 is 5.32 Å². The van der Waals surface area contributed by atoms with E-state index in [1.165, 1.54) is 17.1 Å². The van der Waals surface area contributed by atoms with Crippen molar-refractivity contribution in [1.82, 2.24) is 9.69 Å². The Labute approximate surface area is 59.1 Å². The maximum absolute atomic E-state index is 3.99. The van der Waals surface area contributed by atoms with Gasteiger partial charge in [-0.15, -0.1) is 0 Å². The van der Waals surface area contributed by atoms with E-state index in [-0.39, 0.29) is 0 Å². The van der Waals surface area contributed by atoms with E-state index in [2.05, 4.69) is 22.0 Å². The van der Waals surface area contributed by atoms with Crippen molar-refractivity contribution in [3.05, 3.63) is 17.1 Å². The second kappa shape index (κ2) is 2.94. The summed E-state index contributed by atoms with van der Waals surface area (Å²) in [5, 5.41) is 5.19. The van der Waals surface area contributed by atoms with Crippen LogP contribution in [0.1, 0.15) is 18.5 Å². The maximum Gasteiger partial charge on any atom is 0.0454 e. The van der Waals surface area contributed by atoms with Gasteiger partial charge in [0.05, 0.1) is 0 Å². The number of aromatic nitrogens is 1. The minimum Gasteiger partial charge on any atom is -0.313 e. The van der Waals surface area contributed by atoms with Crippen molar-refractivity contribution in [2.45, 2.75) is 13.0 Å². The van der Waals surface area contributed by atoms with Crippen LogP contribution in [0.2, 0.25) is 0 Å². The summed E-state index contributed by atoms with van der Waals surface area (Å²) in [6.07, 6.45) is 1.89. The number of nitrogens with one attached hydrogen (secondary N) is 1. The van der Waals surface area contributed by atoms with Gasteiger partial charge in [0.2, 0.25) is 0 Å². The summed E-state index contributed by atoms with van der Waals surface area (Å²) in [6, 6.07) is 0.434. The smallest absolute Gasteiger partial charge is 0.0454 e. The summed E-state index contributed by atoms with van der Waals surface area (Å²) in [4.78, 5) is 0. The molecule has 1 aromatic rings. The van der Waals surface area contributed by atoms with Crippen molar-refractivity contribution in [1.29, 1.82) is 0 Å². The van der Waals surface area contributed by atoms with Gasteiger partial charge in [-0.05, 0) is 31.1 Å². The van der Waals surface area contributed by atoms with E-state index in [1.807, 2.05) is 13.2 Å². The first-order valence-corrected chi connectivity index (χ1v) is 3.75. The van der Waals surface area contributed by atoms with Gasteiger partial charge in [0.25, 0.3) is 0 Å². The highest BCUT2D eigenvalue weighted by molar-refractivity contribution is 7.03. The van der Waals surface area contributed by atoms with Crippen LogP contribution in [0, 0.1) is 0 Å². The molecular weight excluding hydrogens is 132 g/mol. The zero-order valence-corrected chi connectivity index (χ0v) is 6.40. The molecule has 2 nitrogen and oxygen atoms in total. The molecule has 0 aromatic carbocycles. The fourth-order valence-electron chi connectivity index (χ4n) is 0.594. The standard InChI is InChI=1S/C6H10N2S/c1-5(7-2)6-3-8-9-4-6/h3-5,7H,1-2H3. The van der Waals surface area contributed by atoms with Crippen LogP contribution >= 0.6 is 11.5 Å². The quantitative estimate of drug-likeness (QED) is 0.675. The zero-order valence-electron chi connectivity index (χ0n) is 5.59. The predicted octanol–water partition coefficient (Wildman–Crippen LogP) is 1.42. The summed E-state index contributed by atoms with van der Waals surface area (Å²) in [7, 11) is 1.95. The van der Waals surface area contributed by atoms with Gasteiger partial charge in [0, 0.05) is 17.6 Å². The molecule has 9 heavy (non-hydrogen) atoms. The Morgan fingerprint density at radius 2 is 2.56 bits per heavy atom. The maximum atomic E-state index is 3.99. The fourth-order valence-corrected chi connectivity index (χ4v) is 1.22. The predicted molar refractivity (Wildman–Crippen MR) is 39.6 cm³/mol. The molecular formula is C6H10N2S. The van der Waals surface area contributed by atoms with Crippen molar-refractivity contribution in [3.8, 4) is 0 Å². The van der Waals surface area contributed by atoms with E-state index in [0.29, 0.717) is 6.04 Å². The molecule has 0 spiro atoms. The summed E-state index contributed by atoms with van der Waals surface area (Å²) < 4.78 is 3.99. The van der Waals surface area contributed by atoms with Gasteiger partial charge in [-0.3, -0.25) is 0 Å². The molecule has 0 radical (unpaired) electrons. The van der Waals surface area contributed by atoms with Crippen LogP contribution in [0.4, 0.5) is 0 Å². The molecule has 0 bridgehead atoms. The summed E-state index contributed by atoms with van der Waals surface area (Å²) >= 11 is 1.49. The molecule has 3 heteroatoms. The van der Waals surface area contributed by atoms with E-state index in [1.54, 1.807) is 0 Å². The third-order valence-electron chi connectivity index (χ3n) is 1.38. The zero-order chi connectivity index (χ0) is 6.69. The summed E-state index contributed by atoms with van der Waals surface area (Å²) in [5.41, 5.74) is 1.27. The Bertz CT molecular complexity index is 160. The highest BCUT2D eigenvalue weighted by atomic mass is 32.1. The van der Waals surface area contributed by atoms with Gasteiger partial charge in [-0.25, -0.2) is 4.37 Å². The van der Waals surface area contributed by atoms with E-state index < -0.39 is 0 Å². The van der Waals surface area contributed by atoms with Gasteiger partial charge in [0.15, 0.2) is 0 Å². The van der Waals surface area contributed by atoms with Crippen molar-refractivity contribution in [2.24, 2.45) is 0 Å². The molecule has 0 saturated carbocycles. The highest BCUT2D eigenvalue weighted by Crippen LogP contribution is 2.11. The van der Waals surface area contributed by atoms with E-state index in [4.69, 9.17) is 0 Å². The van der Waals surface area contributed by atoms with E-state index in [0.717, 1.165) is 0 Å². The second-order valence-electron chi connectivity index (χ2n) is 1.97. The molecule has 0 aliphatic carbocycles. The molecule has 0 saturated heterocycles. The monoisotopic (exact) mass is 142 g/mol. The lowest BCUT2D eigenvalue weighted by Gasteiger charge is -2.04. The first kappa shape index (κ1) is 6.71. The molecule has 1 heterocycles. The van der Waals surface area contributed by atoms with Gasteiger partial charge in [-0.1, -0.05) is 0 Å². The van der Waals surface area contributed by atoms with Gasteiger partial charge in [0.1, 0.15) is 0 Å². The fraction of sp³-hybridized carbons (Fsp3) is 0.500. The number of rotatable bonds is 2. The molecule has 1 rings (SSSR count). The molecule has 1 aromatic heterocycles. The second-order valence-corrected chi connectivity index (χ2v) is 2.63. The number of hydrogen-bond donors (Lipinski definition) is 1. The lowest BCUT2D eigenvalue weighted by Crippen LogP contribution is -2.10. The minimum atomic E-state index is 0.434. The average Bonchev–Trinajstić information content (AvgIpc) is 2.37. The Morgan fingerprint density at radius 3 is 3.00 bits per heavy atom. The molecule has 1 atom stereocenters. The van der Waals surface area contributed by atoms with Crippen LogP contribution in [0.15, 0.2) is 11.6 Å². The Morgan fingerprint density at radius 1 is 1.78 bits per heavy atom. The number of hydrogen-bond acceptors (Lipinski definition) is 3. The van der Waals surface area contributed by atoms with Crippen LogP contribution in [0.3, 0.4) is 0 Å². The summed E-state index contributed by atoms with van der Waals surface area (Å²) in [5.74, 6) is 0. The Kier molecular flexibility index (Phi) is 2.19. The molecule has 1 N–H and O–H groups in total. The largest absolute Gasteiger partial charge is 0.313 e.